The lowest BCUT2D eigenvalue weighted by molar-refractivity contribution is -0.117. The summed E-state index contributed by atoms with van der Waals surface area (Å²) in [4.78, 5) is 13.9. The number of anilines is 1. The molecule has 0 aliphatic heterocycles. The summed E-state index contributed by atoms with van der Waals surface area (Å²) in [5.74, 6) is -0.0637. The Bertz CT molecular complexity index is 432. The third-order valence-corrected chi connectivity index (χ3v) is 2.79. The van der Waals surface area contributed by atoms with Crippen molar-refractivity contribution in [3.8, 4) is 0 Å². The molecular weight excluding hydrogens is 248 g/mol. The molecule has 0 aliphatic rings. The lowest BCUT2D eigenvalue weighted by Crippen LogP contribution is -2.34. The SMILES string of the molecule is C=C(C)CN(CC)CC(=O)Nc1ccccc1Cl. The normalized spacial score (nSPS) is 10.4. The predicted molar refractivity (Wildman–Crippen MR) is 77.0 cm³/mol. The largest absolute Gasteiger partial charge is 0.324 e. The number of hydrogen-bond donors (Lipinski definition) is 1. The minimum atomic E-state index is -0.0637. The van der Waals surface area contributed by atoms with E-state index in [4.69, 9.17) is 11.6 Å². The highest BCUT2D eigenvalue weighted by molar-refractivity contribution is 6.33. The maximum absolute atomic E-state index is 11.9. The summed E-state index contributed by atoms with van der Waals surface area (Å²) >= 11 is 5.98. The van der Waals surface area contributed by atoms with Gasteiger partial charge in [-0.3, -0.25) is 9.69 Å². The lowest BCUT2D eigenvalue weighted by Gasteiger charge is -2.19. The number of halogens is 1. The topological polar surface area (TPSA) is 32.3 Å². The molecule has 1 aromatic rings. The quantitative estimate of drug-likeness (QED) is 0.802. The molecule has 0 spiro atoms. The number of carbonyl (C=O) groups excluding carboxylic acids is 1. The minimum absolute atomic E-state index is 0.0637. The van der Waals surface area contributed by atoms with Crippen LogP contribution in [0, 0.1) is 0 Å². The second-order valence-electron chi connectivity index (χ2n) is 4.29. The average molecular weight is 267 g/mol. The van der Waals surface area contributed by atoms with Gasteiger partial charge in [0.15, 0.2) is 0 Å². The molecule has 0 heterocycles. The number of para-hydroxylation sites is 1. The first-order chi connectivity index (χ1) is 8.52. The van der Waals surface area contributed by atoms with Crippen molar-refractivity contribution in [3.63, 3.8) is 0 Å². The van der Waals surface area contributed by atoms with Gasteiger partial charge in [0, 0.05) is 6.54 Å². The van der Waals surface area contributed by atoms with Gasteiger partial charge in [-0.05, 0) is 25.6 Å². The Morgan fingerprint density at radius 3 is 2.61 bits per heavy atom. The fraction of sp³-hybridized carbons (Fsp3) is 0.357. The van der Waals surface area contributed by atoms with Gasteiger partial charge in [-0.15, -0.1) is 0 Å². The van der Waals surface area contributed by atoms with Crippen LogP contribution in [0.15, 0.2) is 36.4 Å². The average Bonchev–Trinajstić information content (AvgIpc) is 2.30. The number of carbonyl (C=O) groups is 1. The van der Waals surface area contributed by atoms with Crippen LogP contribution in [0.4, 0.5) is 5.69 Å². The van der Waals surface area contributed by atoms with Crippen LogP contribution in [0.25, 0.3) is 0 Å². The van der Waals surface area contributed by atoms with Gasteiger partial charge in [-0.1, -0.05) is 42.8 Å². The number of rotatable bonds is 6. The van der Waals surface area contributed by atoms with E-state index in [2.05, 4.69) is 11.9 Å². The van der Waals surface area contributed by atoms with Crippen molar-refractivity contribution in [2.75, 3.05) is 25.0 Å². The number of amides is 1. The van der Waals surface area contributed by atoms with Gasteiger partial charge in [0.25, 0.3) is 0 Å². The molecule has 0 saturated carbocycles. The minimum Gasteiger partial charge on any atom is -0.324 e. The van der Waals surface area contributed by atoms with Crippen molar-refractivity contribution >= 4 is 23.2 Å². The maximum Gasteiger partial charge on any atom is 0.238 e. The first-order valence-corrected chi connectivity index (χ1v) is 6.31. The highest BCUT2D eigenvalue weighted by atomic mass is 35.5. The number of hydrogen-bond acceptors (Lipinski definition) is 2. The van der Waals surface area contributed by atoms with E-state index in [0.29, 0.717) is 17.3 Å². The molecule has 1 rings (SSSR count). The number of benzene rings is 1. The van der Waals surface area contributed by atoms with Crippen LogP contribution in [-0.4, -0.2) is 30.4 Å². The van der Waals surface area contributed by atoms with Crippen molar-refractivity contribution < 1.29 is 4.79 Å². The molecule has 4 heteroatoms. The van der Waals surface area contributed by atoms with Crippen LogP contribution in [0.5, 0.6) is 0 Å². The third-order valence-electron chi connectivity index (χ3n) is 2.46. The molecule has 98 valence electrons. The lowest BCUT2D eigenvalue weighted by atomic mass is 10.3. The molecule has 0 radical (unpaired) electrons. The fourth-order valence-corrected chi connectivity index (χ4v) is 1.80. The summed E-state index contributed by atoms with van der Waals surface area (Å²) in [6.45, 7) is 9.71. The van der Waals surface area contributed by atoms with Crippen molar-refractivity contribution in [3.05, 3.63) is 41.4 Å². The Hall–Kier alpha value is -1.32. The van der Waals surface area contributed by atoms with Gasteiger partial charge in [0.1, 0.15) is 0 Å². The monoisotopic (exact) mass is 266 g/mol. The van der Waals surface area contributed by atoms with Crippen molar-refractivity contribution in [2.45, 2.75) is 13.8 Å². The molecule has 3 nitrogen and oxygen atoms in total. The third kappa shape index (κ3) is 4.90. The molecule has 18 heavy (non-hydrogen) atoms. The number of nitrogens with zero attached hydrogens (tertiary/aromatic N) is 1. The Labute approximate surface area is 113 Å². The first-order valence-electron chi connectivity index (χ1n) is 5.94. The zero-order valence-electron chi connectivity index (χ0n) is 10.9. The van der Waals surface area contributed by atoms with Gasteiger partial charge >= 0.3 is 0 Å². The van der Waals surface area contributed by atoms with Crippen LogP contribution in [-0.2, 0) is 4.79 Å². The Balaban J connectivity index is 2.55. The zero-order valence-corrected chi connectivity index (χ0v) is 11.6. The number of likely N-dealkylation sites (N-methyl/N-ethyl adjacent to an activating group) is 1. The van der Waals surface area contributed by atoms with Crippen LogP contribution in [0.2, 0.25) is 5.02 Å². The standard InChI is InChI=1S/C14H19ClN2O/c1-4-17(9-11(2)3)10-14(18)16-13-8-6-5-7-12(13)15/h5-8H,2,4,9-10H2,1,3H3,(H,16,18). The van der Waals surface area contributed by atoms with Gasteiger partial charge in [0.2, 0.25) is 5.91 Å². The van der Waals surface area contributed by atoms with E-state index in [-0.39, 0.29) is 5.91 Å². The molecule has 0 unspecified atom stereocenters. The van der Waals surface area contributed by atoms with E-state index >= 15 is 0 Å². The molecule has 0 aliphatic carbocycles. The summed E-state index contributed by atoms with van der Waals surface area (Å²) in [6.07, 6.45) is 0. The van der Waals surface area contributed by atoms with Crippen molar-refractivity contribution in [1.29, 1.82) is 0 Å². The molecule has 1 amide bonds. The summed E-state index contributed by atoms with van der Waals surface area (Å²) in [5.41, 5.74) is 1.69. The molecule has 0 atom stereocenters. The van der Waals surface area contributed by atoms with Crippen molar-refractivity contribution in [1.82, 2.24) is 4.90 Å². The first kappa shape index (κ1) is 14.7. The summed E-state index contributed by atoms with van der Waals surface area (Å²) in [5, 5.41) is 3.36. The zero-order chi connectivity index (χ0) is 13.5. The molecule has 0 bridgehead atoms. The smallest absolute Gasteiger partial charge is 0.238 e. The molecule has 1 aromatic carbocycles. The molecule has 1 N–H and O–H groups in total. The van der Waals surface area contributed by atoms with Crippen LogP contribution >= 0.6 is 11.6 Å². The summed E-state index contributed by atoms with van der Waals surface area (Å²) < 4.78 is 0. The molecular formula is C14H19ClN2O. The van der Waals surface area contributed by atoms with E-state index < -0.39 is 0 Å². The van der Waals surface area contributed by atoms with Crippen LogP contribution in [0.1, 0.15) is 13.8 Å². The van der Waals surface area contributed by atoms with Crippen LogP contribution in [0.3, 0.4) is 0 Å². The van der Waals surface area contributed by atoms with E-state index in [9.17, 15) is 4.79 Å². The summed E-state index contributed by atoms with van der Waals surface area (Å²) in [6, 6.07) is 7.21. The van der Waals surface area contributed by atoms with E-state index in [0.717, 1.165) is 18.7 Å². The van der Waals surface area contributed by atoms with E-state index in [1.54, 1.807) is 12.1 Å². The van der Waals surface area contributed by atoms with E-state index in [1.807, 2.05) is 30.9 Å². The predicted octanol–water partition coefficient (Wildman–Crippen LogP) is 3.18. The molecule has 0 fully saturated rings. The highest BCUT2D eigenvalue weighted by Gasteiger charge is 2.10. The molecule has 0 saturated heterocycles. The van der Waals surface area contributed by atoms with Gasteiger partial charge in [-0.2, -0.15) is 0 Å². The molecule has 0 aromatic heterocycles. The van der Waals surface area contributed by atoms with Gasteiger partial charge in [-0.25, -0.2) is 0 Å². The van der Waals surface area contributed by atoms with Gasteiger partial charge in [0.05, 0.1) is 17.3 Å². The fourth-order valence-electron chi connectivity index (χ4n) is 1.62. The maximum atomic E-state index is 11.9. The number of nitrogens with one attached hydrogen (secondary N) is 1. The second-order valence-corrected chi connectivity index (χ2v) is 4.70. The van der Waals surface area contributed by atoms with Crippen molar-refractivity contribution in [2.24, 2.45) is 0 Å². The summed E-state index contributed by atoms with van der Waals surface area (Å²) in [7, 11) is 0. The Kier molecular flexibility index (Phi) is 5.89. The Morgan fingerprint density at radius 2 is 2.06 bits per heavy atom. The second kappa shape index (κ2) is 7.19. The Morgan fingerprint density at radius 1 is 1.39 bits per heavy atom. The van der Waals surface area contributed by atoms with E-state index in [1.165, 1.54) is 0 Å². The van der Waals surface area contributed by atoms with Crippen LogP contribution < -0.4 is 5.32 Å². The van der Waals surface area contributed by atoms with Gasteiger partial charge < -0.3 is 5.32 Å². The highest BCUT2D eigenvalue weighted by Crippen LogP contribution is 2.20.